The van der Waals surface area contributed by atoms with Crippen LogP contribution in [0.1, 0.15) is 24.5 Å². The Bertz CT molecular complexity index is 894. The first-order chi connectivity index (χ1) is 13.8. The van der Waals surface area contributed by atoms with Crippen LogP contribution < -0.4 is 10.9 Å². The lowest BCUT2D eigenvalue weighted by Gasteiger charge is -2.37. The van der Waals surface area contributed by atoms with E-state index in [-0.39, 0.29) is 30.4 Å². The van der Waals surface area contributed by atoms with E-state index < -0.39 is 0 Å². The molecule has 3 aliphatic heterocycles. The van der Waals surface area contributed by atoms with Gasteiger partial charge < -0.3 is 19.2 Å². The summed E-state index contributed by atoms with van der Waals surface area (Å²) in [4.78, 5) is 20.3. The molecule has 0 aromatic carbocycles. The van der Waals surface area contributed by atoms with Gasteiger partial charge in [-0.25, -0.2) is 4.98 Å². The van der Waals surface area contributed by atoms with Crippen molar-refractivity contribution in [2.75, 3.05) is 45.9 Å². The topological polar surface area (TPSA) is 64.3 Å². The van der Waals surface area contributed by atoms with Crippen LogP contribution in [0.4, 0.5) is 0 Å². The number of fused-ring (bicyclic) bond motifs is 4. The molecule has 166 valence electrons. The fourth-order valence-electron chi connectivity index (χ4n) is 4.98. The number of nitrogens with one attached hydrogen (secondary N) is 1. The largest absolute Gasteiger partial charge is 0.379 e. The van der Waals surface area contributed by atoms with Gasteiger partial charge in [-0.3, -0.25) is 9.69 Å². The van der Waals surface area contributed by atoms with Gasteiger partial charge in [-0.05, 0) is 37.4 Å². The first-order valence-electron chi connectivity index (χ1n) is 10.6. The normalized spacial score (nSPS) is 23.2. The van der Waals surface area contributed by atoms with Gasteiger partial charge in [-0.1, -0.05) is 0 Å². The van der Waals surface area contributed by atoms with Crippen molar-refractivity contribution in [3.63, 3.8) is 0 Å². The lowest BCUT2D eigenvalue weighted by atomic mass is 9.84. The van der Waals surface area contributed by atoms with Gasteiger partial charge in [0.1, 0.15) is 5.82 Å². The molecular formula is C21H31Cl2N5O2. The molecule has 1 N–H and O–H groups in total. The summed E-state index contributed by atoms with van der Waals surface area (Å²) in [5.41, 5.74) is 2.03. The molecule has 7 nitrogen and oxygen atoms in total. The van der Waals surface area contributed by atoms with E-state index in [9.17, 15) is 4.79 Å². The van der Waals surface area contributed by atoms with Crippen molar-refractivity contribution in [1.82, 2.24) is 24.3 Å². The van der Waals surface area contributed by atoms with Gasteiger partial charge in [-0.2, -0.15) is 0 Å². The Hall–Kier alpha value is -1.38. The van der Waals surface area contributed by atoms with Gasteiger partial charge in [0.25, 0.3) is 5.56 Å². The molecule has 0 aliphatic carbocycles. The molecule has 0 unspecified atom stereocenters. The van der Waals surface area contributed by atoms with Crippen molar-refractivity contribution >= 4 is 24.8 Å². The summed E-state index contributed by atoms with van der Waals surface area (Å²) >= 11 is 0. The summed E-state index contributed by atoms with van der Waals surface area (Å²) in [6.07, 6.45) is 6.05. The molecule has 5 rings (SSSR count). The summed E-state index contributed by atoms with van der Waals surface area (Å²) in [6.45, 7) is 8.45. The molecule has 2 bridgehead atoms. The summed E-state index contributed by atoms with van der Waals surface area (Å²) in [6, 6.07) is 4.14. The number of hydrogen-bond acceptors (Lipinski definition) is 5. The predicted molar refractivity (Wildman–Crippen MR) is 122 cm³/mol. The number of nitrogens with zero attached hydrogens (tertiary/aromatic N) is 4. The van der Waals surface area contributed by atoms with Crippen molar-refractivity contribution in [2.24, 2.45) is 5.92 Å². The van der Waals surface area contributed by atoms with E-state index in [0.29, 0.717) is 11.8 Å². The number of pyridine rings is 1. The van der Waals surface area contributed by atoms with Gasteiger partial charge >= 0.3 is 0 Å². The third kappa shape index (κ3) is 4.60. The first kappa shape index (κ1) is 23.3. The SMILES string of the molecule is Cl.Cl.O=c1c(-c2nccn2CCCN2CCOCC2)ccc2n1C[C@@H]1CNC[C@H]2C1. The third-order valence-corrected chi connectivity index (χ3v) is 6.44. The van der Waals surface area contributed by atoms with E-state index in [1.807, 2.05) is 23.0 Å². The number of imidazole rings is 1. The van der Waals surface area contributed by atoms with E-state index in [4.69, 9.17) is 4.74 Å². The van der Waals surface area contributed by atoms with Crippen molar-refractivity contribution in [3.05, 3.63) is 40.6 Å². The average molecular weight is 456 g/mol. The molecule has 0 saturated carbocycles. The monoisotopic (exact) mass is 455 g/mol. The molecule has 0 radical (unpaired) electrons. The molecule has 2 aromatic heterocycles. The maximum Gasteiger partial charge on any atom is 0.261 e. The molecule has 2 aromatic rings. The highest BCUT2D eigenvalue weighted by atomic mass is 35.5. The number of rotatable bonds is 5. The minimum atomic E-state index is 0. The number of piperidine rings is 1. The van der Waals surface area contributed by atoms with Crippen LogP contribution >= 0.6 is 24.8 Å². The minimum Gasteiger partial charge on any atom is -0.379 e. The molecule has 2 atom stereocenters. The van der Waals surface area contributed by atoms with Crippen LogP contribution in [-0.2, 0) is 17.8 Å². The number of aryl methyl sites for hydroxylation is 1. The van der Waals surface area contributed by atoms with Crippen LogP contribution in [0.15, 0.2) is 29.3 Å². The van der Waals surface area contributed by atoms with E-state index in [2.05, 4.69) is 25.8 Å². The second kappa shape index (κ2) is 10.3. The predicted octanol–water partition coefficient (Wildman–Crippen LogP) is 1.98. The Kier molecular flexibility index (Phi) is 7.98. The van der Waals surface area contributed by atoms with Crippen LogP contribution in [0.3, 0.4) is 0 Å². The molecule has 9 heteroatoms. The summed E-state index contributed by atoms with van der Waals surface area (Å²) in [5, 5.41) is 3.50. The molecule has 0 spiro atoms. The van der Waals surface area contributed by atoms with Crippen molar-refractivity contribution < 1.29 is 4.74 Å². The molecule has 2 saturated heterocycles. The smallest absolute Gasteiger partial charge is 0.261 e. The van der Waals surface area contributed by atoms with Crippen LogP contribution in [0.2, 0.25) is 0 Å². The minimum absolute atomic E-state index is 0. The van der Waals surface area contributed by atoms with Crippen LogP contribution in [-0.4, -0.2) is 65.0 Å². The van der Waals surface area contributed by atoms with Gasteiger partial charge in [-0.15, -0.1) is 24.8 Å². The summed E-state index contributed by atoms with van der Waals surface area (Å²) in [5.74, 6) is 1.83. The molecular weight excluding hydrogens is 425 g/mol. The number of halogens is 2. The molecule has 0 amide bonds. The fraction of sp³-hybridized carbons (Fsp3) is 0.619. The zero-order chi connectivity index (χ0) is 18.9. The number of aromatic nitrogens is 3. The second-order valence-electron chi connectivity index (χ2n) is 8.30. The van der Waals surface area contributed by atoms with Crippen LogP contribution in [0.25, 0.3) is 11.4 Å². The third-order valence-electron chi connectivity index (χ3n) is 6.44. The molecule has 5 heterocycles. The molecule has 2 fully saturated rings. The van der Waals surface area contributed by atoms with Crippen LogP contribution in [0, 0.1) is 5.92 Å². The standard InChI is InChI=1S/C21H29N5O2.2ClH/c27-21-18(2-3-19-17-12-16(13-22-14-17)15-26(19)21)20-23-4-7-25(20)6-1-5-24-8-10-28-11-9-24;;/h2-4,7,16-17,22H,1,5-6,8-15H2;2*1H/t16-,17+;;/m0../s1. The Morgan fingerprint density at radius 3 is 2.80 bits per heavy atom. The molecule has 3 aliphatic rings. The Morgan fingerprint density at radius 2 is 1.97 bits per heavy atom. The number of hydrogen-bond donors (Lipinski definition) is 1. The van der Waals surface area contributed by atoms with Gasteiger partial charge in [0.2, 0.25) is 0 Å². The maximum absolute atomic E-state index is 13.3. The van der Waals surface area contributed by atoms with Crippen molar-refractivity contribution in [2.45, 2.75) is 31.8 Å². The van der Waals surface area contributed by atoms with Crippen molar-refractivity contribution in [1.29, 1.82) is 0 Å². The zero-order valence-corrected chi connectivity index (χ0v) is 18.8. The Labute approximate surface area is 189 Å². The highest BCUT2D eigenvalue weighted by Crippen LogP contribution is 2.32. The van der Waals surface area contributed by atoms with Gasteiger partial charge in [0, 0.05) is 63.3 Å². The van der Waals surface area contributed by atoms with Gasteiger partial charge in [0.05, 0.1) is 18.8 Å². The Balaban J connectivity index is 0.00000128. The Morgan fingerprint density at radius 1 is 1.13 bits per heavy atom. The van der Waals surface area contributed by atoms with Crippen molar-refractivity contribution in [3.8, 4) is 11.4 Å². The highest BCUT2D eigenvalue weighted by Gasteiger charge is 2.31. The van der Waals surface area contributed by atoms with Crippen LogP contribution in [0.5, 0.6) is 0 Å². The lowest BCUT2D eigenvalue weighted by Crippen LogP contribution is -2.45. The quantitative estimate of drug-likeness (QED) is 0.746. The molecule has 30 heavy (non-hydrogen) atoms. The maximum atomic E-state index is 13.3. The van der Waals surface area contributed by atoms with E-state index in [0.717, 1.165) is 76.8 Å². The average Bonchev–Trinajstić information content (AvgIpc) is 3.18. The number of morpholine rings is 1. The first-order valence-corrected chi connectivity index (χ1v) is 10.6. The summed E-state index contributed by atoms with van der Waals surface area (Å²) < 4.78 is 9.57. The number of ether oxygens (including phenoxy) is 1. The highest BCUT2D eigenvalue weighted by molar-refractivity contribution is 5.85. The van der Waals surface area contributed by atoms with Gasteiger partial charge in [0.15, 0.2) is 0 Å². The second-order valence-corrected chi connectivity index (χ2v) is 8.30. The zero-order valence-electron chi connectivity index (χ0n) is 17.2. The van der Waals surface area contributed by atoms with E-state index in [1.165, 1.54) is 12.1 Å². The van der Waals surface area contributed by atoms with E-state index in [1.54, 1.807) is 0 Å². The fourth-order valence-corrected chi connectivity index (χ4v) is 4.98. The lowest BCUT2D eigenvalue weighted by molar-refractivity contribution is 0.0369. The van der Waals surface area contributed by atoms with E-state index >= 15 is 0 Å². The summed E-state index contributed by atoms with van der Waals surface area (Å²) in [7, 11) is 0.